The van der Waals surface area contributed by atoms with Gasteiger partial charge >= 0.3 is 0 Å². The Bertz CT molecular complexity index is 402. The molecule has 2 aliphatic heterocycles. The lowest BCUT2D eigenvalue weighted by molar-refractivity contribution is 0.472. The van der Waals surface area contributed by atoms with E-state index >= 15 is 0 Å². The van der Waals surface area contributed by atoms with E-state index in [-0.39, 0.29) is 10.8 Å². The Morgan fingerprint density at radius 1 is 1.06 bits per heavy atom. The van der Waals surface area contributed by atoms with Crippen LogP contribution in [0, 0.1) is 10.8 Å². The van der Waals surface area contributed by atoms with Crippen LogP contribution in [-0.2, 0) is 0 Å². The van der Waals surface area contributed by atoms with Crippen LogP contribution in [0.3, 0.4) is 0 Å². The van der Waals surface area contributed by atoms with E-state index in [4.69, 9.17) is 0 Å². The molecule has 0 radical (unpaired) electrons. The molecule has 0 bridgehead atoms. The Hall–Kier alpha value is -0.630. The standard InChI is InChI=1S/C15H23NS/c1-14(2,3)11-7-8-16-10-12(15(4,5)6)17-13(16)9-11/h7-10,13H,1-6H3. The van der Waals surface area contributed by atoms with Crippen LogP contribution < -0.4 is 0 Å². The number of hydrogen-bond acceptors (Lipinski definition) is 2. The minimum absolute atomic E-state index is 0.244. The van der Waals surface area contributed by atoms with Crippen LogP contribution in [0.1, 0.15) is 41.5 Å². The second kappa shape index (κ2) is 3.94. The minimum atomic E-state index is 0.244. The predicted molar refractivity (Wildman–Crippen MR) is 77.4 cm³/mol. The topological polar surface area (TPSA) is 3.24 Å². The fraction of sp³-hybridized carbons (Fsp3) is 0.600. The van der Waals surface area contributed by atoms with Crippen molar-refractivity contribution in [3.63, 3.8) is 0 Å². The molecule has 0 aromatic heterocycles. The van der Waals surface area contributed by atoms with Crippen LogP contribution in [0.2, 0.25) is 0 Å². The van der Waals surface area contributed by atoms with Crippen LogP contribution in [0.15, 0.2) is 35.0 Å². The summed E-state index contributed by atoms with van der Waals surface area (Å²) in [5.41, 5.74) is 1.94. The summed E-state index contributed by atoms with van der Waals surface area (Å²) in [4.78, 5) is 3.79. The first kappa shape index (κ1) is 12.8. The minimum Gasteiger partial charge on any atom is -0.337 e. The van der Waals surface area contributed by atoms with E-state index in [0.717, 1.165) is 0 Å². The van der Waals surface area contributed by atoms with Crippen molar-refractivity contribution in [2.45, 2.75) is 46.9 Å². The number of rotatable bonds is 0. The van der Waals surface area contributed by atoms with Gasteiger partial charge in [-0.2, -0.15) is 0 Å². The smallest absolute Gasteiger partial charge is 0.102 e. The Morgan fingerprint density at radius 2 is 1.71 bits per heavy atom. The van der Waals surface area contributed by atoms with Gasteiger partial charge in [-0.3, -0.25) is 0 Å². The fourth-order valence-corrected chi connectivity index (χ4v) is 3.19. The maximum Gasteiger partial charge on any atom is 0.102 e. The highest BCUT2D eigenvalue weighted by atomic mass is 32.2. The number of nitrogens with zero attached hydrogens (tertiary/aromatic N) is 1. The highest BCUT2D eigenvalue weighted by Crippen LogP contribution is 2.46. The summed E-state index contributed by atoms with van der Waals surface area (Å²) in [6, 6.07) is 0. The molecule has 2 heterocycles. The molecule has 0 aromatic carbocycles. The van der Waals surface area contributed by atoms with Gasteiger partial charge in [0, 0.05) is 17.3 Å². The van der Waals surface area contributed by atoms with E-state index in [1.807, 2.05) is 11.8 Å². The second-order valence-electron chi connectivity index (χ2n) is 6.89. The van der Waals surface area contributed by atoms with E-state index in [1.165, 1.54) is 10.5 Å². The zero-order valence-corrected chi connectivity index (χ0v) is 12.6. The van der Waals surface area contributed by atoms with Crippen LogP contribution in [0.25, 0.3) is 0 Å². The molecular formula is C15H23NS. The molecule has 0 aliphatic carbocycles. The van der Waals surface area contributed by atoms with E-state index in [9.17, 15) is 0 Å². The zero-order chi connectivity index (χ0) is 12.8. The summed E-state index contributed by atoms with van der Waals surface area (Å²) >= 11 is 1.98. The lowest BCUT2D eigenvalue weighted by atomic mass is 9.85. The van der Waals surface area contributed by atoms with Gasteiger partial charge in [0.15, 0.2) is 0 Å². The van der Waals surface area contributed by atoms with Crippen molar-refractivity contribution in [1.29, 1.82) is 0 Å². The van der Waals surface area contributed by atoms with Gasteiger partial charge < -0.3 is 4.90 Å². The van der Waals surface area contributed by atoms with Crippen molar-refractivity contribution in [2.75, 3.05) is 0 Å². The van der Waals surface area contributed by atoms with Gasteiger partial charge in [-0.25, -0.2) is 0 Å². The van der Waals surface area contributed by atoms with Gasteiger partial charge in [-0.15, -0.1) is 0 Å². The highest BCUT2D eigenvalue weighted by Gasteiger charge is 2.32. The predicted octanol–water partition coefficient (Wildman–Crippen LogP) is 4.75. The summed E-state index contributed by atoms with van der Waals surface area (Å²) in [6.45, 7) is 13.7. The molecule has 0 fully saturated rings. The summed E-state index contributed by atoms with van der Waals surface area (Å²) in [7, 11) is 0. The Morgan fingerprint density at radius 3 is 2.24 bits per heavy atom. The van der Waals surface area contributed by atoms with Gasteiger partial charge in [0.1, 0.15) is 5.37 Å². The SMILES string of the molecule is CC(C)(C)C1=CC2SC(C(C)(C)C)=CN2C=C1. The van der Waals surface area contributed by atoms with Crippen molar-refractivity contribution in [2.24, 2.45) is 10.8 Å². The zero-order valence-electron chi connectivity index (χ0n) is 11.7. The monoisotopic (exact) mass is 249 g/mol. The van der Waals surface area contributed by atoms with Gasteiger partial charge in [0.25, 0.3) is 0 Å². The van der Waals surface area contributed by atoms with Gasteiger partial charge in [0.05, 0.1) is 0 Å². The van der Waals surface area contributed by atoms with E-state index in [1.54, 1.807) is 0 Å². The molecule has 17 heavy (non-hydrogen) atoms. The number of allylic oxidation sites excluding steroid dienone is 3. The molecule has 0 N–H and O–H groups in total. The maximum absolute atomic E-state index is 2.40. The second-order valence-corrected chi connectivity index (χ2v) is 8.05. The number of thioether (sulfide) groups is 1. The maximum atomic E-state index is 2.40. The summed E-state index contributed by atoms with van der Waals surface area (Å²) in [6.07, 6.45) is 9.16. The molecular weight excluding hydrogens is 226 g/mol. The highest BCUT2D eigenvalue weighted by molar-refractivity contribution is 8.04. The van der Waals surface area contributed by atoms with Crippen molar-refractivity contribution in [1.82, 2.24) is 4.90 Å². The molecule has 0 saturated carbocycles. The Kier molecular flexibility index (Phi) is 2.97. The first-order valence-electron chi connectivity index (χ1n) is 6.25. The van der Waals surface area contributed by atoms with E-state index in [0.29, 0.717) is 5.37 Å². The lowest BCUT2D eigenvalue weighted by Gasteiger charge is -2.29. The third-order valence-corrected chi connectivity index (χ3v) is 4.75. The van der Waals surface area contributed by atoms with Gasteiger partial charge in [0.2, 0.25) is 0 Å². The normalized spacial score (nSPS) is 24.6. The van der Waals surface area contributed by atoms with Crippen molar-refractivity contribution in [3.8, 4) is 0 Å². The first-order valence-corrected chi connectivity index (χ1v) is 7.13. The molecule has 94 valence electrons. The van der Waals surface area contributed by atoms with Crippen LogP contribution >= 0.6 is 11.8 Å². The molecule has 0 saturated heterocycles. The molecule has 2 heteroatoms. The number of fused-ring (bicyclic) bond motifs is 1. The quantitative estimate of drug-likeness (QED) is 0.609. The Balaban J connectivity index is 2.21. The molecule has 1 unspecified atom stereocenters. The Labute approximate surface area is 110 Å². The molecule has 2 rings (SSSR count). The van der Waals surface area contributed by atoms with Gasteiger partial charge in [-0.05, 0) is 28.6 Å². The summed E-state index contributed by atoms with van der Waals surface area (Å²) in [5.74, 6) is 0. The lowest BCUT2D eigenvalue weighted by Crippen LogP contribution is -2.23. The van der Waals surface area contributed by atoms with Crippen molar-refractivity contribution >= 4 is 11.8 Å². The van der Waals surface area contributed by atoms with Crippen molar-refractivity contribution < 1.29 is 0 Å². The molecule has 1 atom stereocenters. The third-order valence-electron chi connectivity index (χ3n) is 3.16. The first-order chi connectivity index (χ1) is 7.68. The molecule has 0 amide bonds. The average Bonchev–Trinajstić information content (AvgIpc) is 2.57. The largest absolute Gasteiger partial charge is 0.337 e. The van der Waals surface area contributed by atoms with Crippen LogP contribution in [-0.4, -0.2) is 10.3 Å². The molecule has 0 aromatic rings. The van der Waals surface area contributed by atoms with Crippen molar-refractivity contribution in [3.05, 3.63) is 35.0 Å². The molecule has 2 aliphatic rings. The van der Waals surface area contributed by atoms with Crippen LogP contribution in [0.4, 0.5) is 0 Å². The average molecular weight is 249 g/mol. The van der Waals surface area contributed by atoms with E-state index < -0.39 is 0 Å². The van der Waals surface area contributed by atoms with Gasteiger partial charge in [-0.1, -0.05) is 53.3 Å². The molecule has 1 nitrogen and oxygen atoms in total. The number of hydrogen-bond donors (Lipinski definition) is 0. The van der Waals surface area contributed by atoms with E-state index in [2.05, 4.69) is 71.0 Å². The summed E-state index contributed by atoms with van der Waals surface area (Å²) < 4.78 is 0. The third kappa shape index (κ3) is 2.62. The fourth-order valence-electron chi connectivity index (χ4n) is 1.92. The molecule has 0 spiro atoms. The van der Waals surface area contributed by atoms with Crippen LogP contribution in [0.5, 0.6) is 0 Å². The summed E-state index contributed by atoms with van der Waals surface area (Å²) in [5, 5.41) is 0.462.